The number of carbonyl (C=O) groups excluding carboxylic acids is 1. The molecule has 0 radical (unpaired) electrons. The molecule has 0 aromatic carbocycles. The van der Waals surface area contributed by atoms with Gasteiger partial charge in [-0.3, -0.25) is 4.79 Å². The van der Waals surface area contributed by atoms with Crippen molar-refractivity contribution in [2.75, 3.05) is 32.8 Å². The average molecular weight is 258 g/mol. The Kier molecular flexibility index (Phi) is 9.98. The second-order valence-electron chi connectivity index (χ2n) is 5.11. The first-order valence-corrected chi connectivity index (χ1v) is 7.10. The molecule has 0 rings (SSSR count). The number of likely N-dealkylation sites (N-methyl/N-ethyl adjacent to an activating group) is 1. The Morgan fingerprint density at radius 2 is 2.00 bits per heavy atom. The normalized spacial score (nSPS) is 12.8. The molecule has 0 aliphatic rings. The van der Waals surface area contributed by atoms with Crippen LogP contribution in [-0.4, -0.2) is 43.7 Å². The molecule has 18 heavy (non-hydrogen) atoms. The number of rotatable bonds is 10. The van der Waals surface area contributed by atoms with Crippen LogP contribution in [0.3, 0.4) is 0 Å². The predicted molar refractivity (Wildman–Crippen MR) is 75.4 cm³/mol. The van der Waals surface area contributed by atoms with Gasteiger partial charge in [0.15, 0.2) is 0 Å². The fourth-order valence-corrected chi connectivity index (χ4v) is 2.08. The van der Waals surface area contributed by atoms with Crippen molar-refractivity contribution in [2.24, 2.45) is 17.6 Å². The minimum Gasteiger partial charge on any atom is -0.380 e. The van der Waals surface area contributed by atoms with Gasteiger partial charge in [0, 0.05) is 26.1 Å². The topological polar surface area (TPSA) is 55.6 Å². The number of nitrogens with zero attached hydrogens (tertiary/aromatic N) is 1. The Hall–Kier alpha value is -0.610. The van der Waals surface area contributed by atoms with Gasteiger partial charge >= 0.3 is 0 Å². The highest BCUT2D eigenvalue weighted by atomic mass is 16.5. The molecule has 0 spiro atoms. The maximum absolute atomic E-state index is 12.1. The third-order valence-electron chi connectivity index (χ3n) is 3.05. The monoisotopic (exact) mass is 258 g/mol. The first-order chi connectivity index (χ1) is 8.54. The van der Waals surface area contributed by atoms with E-state index < -0.39 is 0 Å². The molecule has 2 N–H and O–H groups in total. The molecule has 0 fully saturated rings. The van der Waals surface area contributed by atoms with E-state index in [1.807, 2.05) is 18.7 Å². The van der Waals surface area contributed by atoms with Gasteiger partial charge < -0.3 is 15.4 Å². The van der Waals surface area contributed by atoms with Crippen LogP contribution in [0.5, 0.6) is 0 Å². The number of carbonyl (C=O) groups is 1. The van der Waals surface area contributed by atoms with Crippen molar-refractivity contribution in [3.63, 3.8) is 0 Å². The molecule has 0 aliphatic heterocycles. The lowest BCUT2D eigenvalue weighted by Gasteiger charge is -2.24. The average Bonchev–Trinajstić information content (AvgIpc) is 2.33. The van der Waals surface area contributed by atoms with E-state index in [-0.39, 0.29) is 5.91 Å². The minimum atomic E-state index is 0.202. The van der Waals surface area contributed by atoms with Crippen molar-refractivity contribution < 1.29 is 9.53 Å². The molecule has 0 saturated carbocycles. The lowest BCUT2D eigenvalue weighted by Crippen LogP contribution is -2.36. The van der Waals surface area contributed by atoms with Crippen molar-refractivity contribution >= 4 is 5.91 Å². The van der Waals surface area contributed by atoms with Crippen LogP contribution in [0.25, 0.3) is 0 Å². The Bertz CT molecular complexity index is 220. The summed E-state index contributed by atoms with van der Waals surface area (Å²) in [6, 6.07) is 0. The van der Waals surface area contributed by atoms with Crippen molar-refractivity contribution in [3.8, 4) is 0 Å². The molecular weight excluding hydrogens is 228 g/mol. The van der Waals surface area contributed by atoms with Gasteiger partial charge in [-0.15, -0.1) is 0 Å². The van der Waals surface area contributed by atoms with Crippen molar-refractivity contribution in [2.45, 2.75) is 40.5 Å². The number of ether oxygens (including phenoxy) is 1. The van der Waals surface area contributed by atoms with Crippen LogP contribution < -0.4 is 5.73 Å². The Morgan fingerprint density at radius 1 is 1.33 bits per heavy atom. The van der Waals surface area contributed by atoms with Crippen LogP contribution in [0.2, 0.25) is 0 Å². The smallest absolute Gasteiger partial charge is 0.222 e. The first-order valence-electron chi connectivity index (χ1n) is 7.10. The molecule has 108 valence electrons. The van der Waals surface area contributed by atoms with Gasteiger partial charge in [-0.2, -0.15) is 0 Å². The molecule has 0 aromatic rings. The molecule has 4 nitrogen and oxygen atoms in total. The molecular formula is C14H30N2O2. The van der Waals surface area contributed by atoms with Gasteiger partial charge in [0.25, 0.3) is 0 Å². The lowest BCUT2D eigenvalue weighted by atomic mass is 9.94. The third-order valence-corrected chi connectivity index (χ3v) is 3.05. The number of nitrogens with two attached hydrogens (primary N) is 1. The van der Waals surface area contributed by atoms with Crippen LogP contribution >= 0.6 is 0 Å². The van der Waals surface area contributed by atoms with Crippen molar-refractivity contribution in [1.29, 1.82) is 0 Å². The van der Waals surface area contributed by atoms with E-state index >= 15 is 0 Å². The van der Waals surface area contributed by atoms with Gasteiger partial charge in [-0.1, -0.05) is 13.8 Å². The summed E-state index contributed by atoms with van der Waals surface area (Å²) in [5, 5.41) is 0. The molecule has 0 aliphatic carbocycles. The zero-order chi connectivity index (χ0) is 14.0. The first kappa shape index (κ1) is 17.4. The molecule has 1 atom stereocenters. The van der Waals surface area contributed by atoms with Crippen LogP contribution in [0.1, 0.15) is 40.5 Å². The van der Waals surface area contributed by atoms with Gasteiger partial charge in [0.1, 0.15) is 0 Å². The molecule has 0 heterocycles. The maximum Gasteiger partial charge on any atom is 0.222 e. The molecule has 1 amide bonds. The highest BCUT2D eigenvalue weighted by Gasteiger charge is 2.18. The second kappa shape index (κ2) is 10.3. The van der Waals surface area contributed by atoms with E-state index in [9.17, 15) is 4.79 Å². The predicted octanol–water partition coefficient (Wildman–Crippen LogP) is 1.88. The van der Waals surface area contributed by atoms with E-state index in [1.54, 1.807) is 0 Å². The Morgan fingerprint density at radius 3 is 2.44 bits per heavy atom. The van der Waals surface area contributed by atoms with Gasteiger partial charge in [0.05, 0.1) is 6.61 Å². The summed E-state index contributed by atoms with van der Waals surface area (Å²) in [6.45, 7) is 11.6. The number of hydrogen-bond acceptors (Lipinski definition) is 3. The standard InChI is InChI=1S/C14H30N2O2/c1-5-16(7-8-18-6-2)14(17)10-13(11-15)9-12(3)4/h12-13H,5-11,15H2,1-4H3/t13-/m0/s1. The SMILES string of the molecule is CCOCCN(CC)C(=O)C[C@@H](CN)CC(C)C. The molecule has 0 unspecified atom stereocenters. The highest BCUT2D eigenvalue weighted by molar-refractivity contribution is 5.76. The summed E-state index contributed by atoms with van der Waals surface area (Å²) >= 11 is 0. The van der Waals surface area contributed by atoms with Gasteiger partial charge in [-0.05, 0) is 38.6 Å². The summed E-state index contributed by atoms with van der Waals surface area (Å²) < 4.78 is 5.29. The maximum atomic E-state index is 12.1. The third kappa shape index (κ3) is 7.67. The van der Waals surface area contributed by atoms with Crippen LogP contribution in [0, 0.1) is 11.8 Å². The fourth-order valence-electron chi connectivity index (χ4n) is 2.08. The molecule has 0 bridgehead atoms. The van der Waals surface area contributed by atoms with Crippen molar-refractivity contribution in [1.82, 2.24) is 4.90 Å². The van der Waals surface area contributed by atoms with Crippen molar-refractivity contribution in [3.05, 3.63) is 0 Å². The van der Waals surface area contributed by atoms with E-state index in [0.717, 1.165) is 13.0 Å². The van der Waals surface area contributed by atoms with E-state index in [4.69, 9.17) is 10.5 Å². The second-order valence-corrected chi connectivity index (χ2v) is 5.11. The van der Waals surface area contributed by atoms with Gasteiger partial charge in [-0.25, -0.2) is 0 Å². The minimum absolute atomic E-state index is 0.202. The quantitative estimate of drug-likeness (QED) is 0.609. The zero-order valence-corrected chi connectivity index (χ0v) is 12.4. The largest absolute Gasteiger partial charge is 0.380 e. The number of hydrogen-bond donors (Lipinski definition) is 1. The van der Waals surface area contributed by atoms with E-state index in [2.05, 4.69) is 13.8 Å². The summed E-state index contributed by atoms with van der Waals surface area (Å²) in [6.07, 6.45) is 1.58. The van der Waals surface area contributed by atoms with Gasteiger partial charge in [0.2, 0.25) is 5.91 Å². The Labute approximate surface area is 112 Å². The summed E-state index contributed by atoms with van der Waals surface area (Å²) in [5.74, 6) is 1.09. The van der Waals surface area contributed by atoms with Crippen LogP contribution in [-0.2, 0) is 9.53 Å². The fraction of sp³-hybridized carbons (Fsp3) is 0.929. The summed E-state index contributed by atoms with van der Waals surface area (Å²) in [5.41, 5.74) is 5.74. The lowest BCUT2D eigenvalue weighted by molar-refractivity contribution is -0.132. The molecule has 0 aromatic heterocycles. The highest BCUT2D eigenvalue weighted by Crippen LogP contribution is 2.15. The summed E-state index contributed by atoms with van der Waals surface area (Å²) in [7, 11) is 0. The summed E-state index contributed by atoms with van der Waals surface area (Å²) in [4.78, 5) is 14.0. The van der Waals surface area contributed by atoms with Crippen LogP contribution in [0.15, 0.2) is 0 Å². The number of amides is 1. The molecule has 4 heteroatoms. The zero-order valence-electron chi connectivity index (χ0n) is 12.4. The van der Waals surface area contributed by atoms with E-state index in [1.165, 1.54) is 0 Å². The van der Waals surface area contributed by atoms with Crippen LogP contribution in [0.4, 0.5) is 0 Å². The van der Waals surface area contributed by atoms with E-state index in [0.29, 0.717) is 44.6 Å². The Balaban J connectivity index is 4.14. The molecule has 0 saturated heterocycles.